The summed E-state index contributed by atoms with van der Waals surface area (Å²) in [6.45, 7) is 6.00. The molecule has 0 aliphatic rings. The molecule has 0 amide bonds. The van der Waals surface area contributed by atoms with E-state index in [9.17, 15) is 4.79 Å². The molecular weight excluding hydrogens is 266 g/mol. The lowest BCUT2D eigenvalue weighted by molar-refractivity contribution is 0.0775. The lowest BCUT2D eigenvalue weighted by atomic mass is 9.96. The van der Waals surface area contributed by atoms with Crippen molar-refractivity contribution in [2.45, 2.75) is 45.2 Å². The Morgan fingerprint density at radius 3 is 2.71 bits per heavy atom. The van der Waals surface area contributed by atoms with Crippen molar-refractivity contribution in [3.63, 3.8) is 0 Å². The van der Waals surface area contributed by atoms with Gasteiger partial charge in [-0.1, -0.05) is 26.0 Å². The maximum absolute atomic E-state index is 11.9. The van der Waals surface area contributed by atoms with E-state index in [4.69, 9.17) is 10.5 Å². The summed E-state index contributed by atoms with van der Waals surface area (Å²) in [4.78, 5) is 14.8. The fraction of sp³-hybridized carbons (Fsp3) is 0.562. The first-order valence-electron chi connectivity index (χ1n) is 7.64. The molecular formula is C16H25N3O2. The number of hydrogen-bond donors (Lipinski definition) is 2. The molecule has 0 unspecified atom stereocenters. The molecule has 0 spiro atoms. The molecule has 2 rings (SSSR count). The van der Waals surface area contributed by atoms with Crippen LogP contribution in [0.1, 0.15) is 33.1 Å². The average Bonchev–Trinajstić information content (AvgIpc) is 2.82. The van der Waals surface area contributed by atoms with Gasteiger partial charge in [-0.15, -0.1) is 0 Å². The van der Waals surface area contributed by atoms with E-state index < -0.39 is 0 Å². The van der Waals surface area contributed by atoms with Crippen molar-refractivity contribution in [2.75, 3.05) is 13.2 Å². The highest BCUT2D eigenvalue weighted by molar-refractivity contribution is 5.74. The number of para-hydroxylation sites is 2. The average molecular weight is 291 g/mol. The fourth-order valence-electron chi connectivity index (χ4n) is 2.38. The van der Waals surface area contributed by atoms with Crippen LogP contribution in [0.4, 0.5) is 0 Å². The SMILES string of the molecule is CCC(N)(CC)COCCCn1c(=O)[nH]c2ccccc21. The normalized spacial score (nSPS) is 12.1. The number of nitrogens with one attached hydrogen (secondary N) is 1. The molecule has 1 heterocycles. The number of nitrogens with two attached hydrogens (primary N) is 1. The molecule has 5 heteroatoms. The number of aromatic nitrogens is 2. The Morgan fingerprint density at radius 2 is 2.00 bits per heavy atom. The van der Waals surface area contributed by atoms with Crippen LogP contribution in [0.3, 0.4) is 0 Å². The van der Waals surface area contributed by atoms with E-state index >= 15 is 0 Å². The highest BCUT2D eigenvalue weighted by Crippen LogP contribution is 2.12. The Balaban J connectivity index is 1.86. The molecule has 1 aromatic heterocycles. The summed E-state index contributed by atoms with van der Waals surface area (Å²) in [6.07, 6.45) is 2.61. The highest BCUT2D eigenvalue weighted by atomic mass is 16.5. The minimum Gasteiger partial charge on any atom is -0.379 e. The van der Waals surface area contributed by atoms with Crippen LogP contribution in [0.5, 0.6) is 0 Å². The Hall–Kier alpha value is -1.59. The van der Waals surface area contributed by atoms with Gasteiger partial charge in [0.05, 0.1) is 17.6 Å². The van der Waals surface area contributed by atoms with Crippen molar-refractivity contribution in [3.05, 3.63) is 34.7 Å². The summed E-state index contributed by atoms with van der Waals surface area (Å²) in [6, 6.07) is 7.72. The number of aromatic amines is 1. The molecule has 116 valence electrons. The third-order valence-corrected chi connectivity index (χ3v) is 4.15. The minimum absolute atomic E-state index is 0.0634. The van der Waals surface area contributed by atoms with Crippen LogP contribution in [-0.4, -0.2) is 28.3 Å². The van der Waals surface area contributed by atoms with Gasteiger partial charge in [-0.25, -0.2) is 4.79 Å². The van der Waals surface area contributed by atoms with Crippen LogP contribution in [0, 0.1) is 0 Å². The molecule has 0 aliphatic carbocycles. The number of nitrogens with zero attached hydrogens (tertiary/aromatic N) is 1. The first kappa shape index (κ1) is 15.8. The second kappa shape index (κ2) is 6.91. The minimum atomic E-state index is -0.225. The van der Waals surface area contributed by atoms with Crippen molar-refractivity contribution in [2.24, 2.45) is 5.73 Å². The predicted octanol–water partition coefficient (Wildman–Crippen LogP) is 2.25. The molecule has 21 heavy (non-hydrogen) atoms. The smallest absolute Gasteiger partial charge is 0.326 e. The Bertz CT molecular complexity index is 626. The van der Waals surface area contributed by atoms with Gasteiger partial charge < -0.3 is 15.5 Å². The van der Waals surface area contributed by atoms with Gasteiger partial charge in [0, 0.05) is 18.7 Å². The third-order valence-electron chi connectivity index (χ3n) is 4.15. The zero-order valence-electron chi connectivity index (χ0n) is 12.9. The fourth-order valence-corrected chi connectivity index (χ4v) is 2.38. The number of imidazole rings is 1. The topological polar surface area (TPSA) is 73.0 Å². The van der Waals surface area contributed by atoms with E-state index in [1.807, 2.05) is 24.3 Å². The first-order chi connectivity index (χ1) is 10.1. The molecule has 0 saturated heterocycles. The first-order valence-corrected chi connectivity index (χ1v) is 7.64. The Kier molecular flexibility index (Phi) is 5.20. The highest BCUT2D eigenvalue weighted by Gasteiger charge is 2.19. The van der Waals surface area contributed by atoms with Gasteiger partial charge in [-0.3, -0.25) is 4.57 Å². The lowest BCUT2D eigenvalue weighted by Crippen LogP contribution is -2.43. The second-order valence-electron chi connectivity index (χ2n) is 5.57. The van der Waals surface area contributed by atoms with Gasteiger partial charge in [0.25, 0.3) is 0 Å². The van der Waals surface area contributed by atoms with Crippen LogP contribution < -0.4 is 11.4 Å². The van der Waals surface area contributed by atoms with Crippen molar-refractivity contribution in [1.29, 1.82) is 0 Å². The number of fused-ring (bicyclic) bond motifs is 1. The van der Waals surface area contributed by atoms with E-state index in [2.05, 4.69) is 18.8 Å². The zero-order valence-corrected chi connectivity index (χ0v) is 12.9. The monoisotopic (exact) mass is 291 g/mol. The number of hydrogen-bond acceptors (Lipinski definition) is 3. The van der Waals surface area contributed by atoms with Gasteiger partial charge in [0.1, 0.15) is 0 Å². The molecule has 5 nitrogen and oxygen atoms in total. The van der Waals surface area contributed by atoms with E-state index in [1.54, 1.807) is 4.57 Å². The molecule has 0 saturated carbocycles. The maximum Gasteiger partial charge on any atom is 0.326 e. The molecule has 0 atom stereocenters. The van der Waals surface area contributed by atoms with Gasteiger partial charge in [-0.2, -0.15) is 0 Å². The van der Waals surface area contributed by atoms with E-state index in [-0.39, 0.29) is 11.2 Å². The van der Waals surface area contributed by atoms with Crippen molar-refractivity contribution >= 4 is 11.0 Å². The Morgan fingerprint density at radius 1 is 1.29 bits per heavy atom. The van der Waals surface area contributed by atoms with E-state index in [0.717, 1.165) is 30.3 Å². The largest absolute Gasteiger partial charge is 0.379 e. The van der Waals surface area contributed by atoms with Gasteiger partial charge in [0.15, 0.2) is 0 Å². The summed E-state index contributed by atoms with van der Waals surface area (Å²) < 4.78 is 7.44. The quantitative estimate of drug-likeness (QED) is 0.733. The molecule has 1 aromatic carbocycles. The molecule has 0 fully saturated rings. The predicted molar refractivity (Wildman–Crippen MR) is 85.5 cm³/mol. The van der Waals surface area contributed by atoms with Crippen LogP contribution in [0.25, 0.3) is 11.0 Å². The number of rotatable bonds is 8. The van der Waals surface area contributed by atoms with Crippen molar-refractivity contribution < 1.29 is 4.74 Å². The molecule has 2 aromatic rings. The summed E-state index contributed by atoms with van der Waals surface area (Å²) in [7, 11) is 0. The summed E-state index contributed by atoms with van der Waals surface area (Å²) in [5, 5.41) is 0. The Labute approximate surface area is 125 Å². The summed E-state index contributed by atoms with van der Waals surface area (Å²) in [5.41, 5.74) is 7.72. The number of H-pyrrole nitrogens is 1. The second-order valence-corrected chi connectivity index (χ2v) is 5.57. The maximum atomic E-state index is 11.9. The van der Waals surface area contributed by atoms with Crippen LogP contribution in [-0.2, 0) is 11.3 Å². The number of aryl methyl sites for hydroxylation is 1. The van der Waals surface area contributed by atoms with Crippen molar-refractivity contribution in [1.82, 2.24) is 9.55 Å². The molecule has 3 N–H and O–H groups in total. The van der Waals surface area contributed by atoms with E-state index in [1.165, 1.54) is 0 Å². The van der Waals surface area contributed by atoms with Crippen LogP contribution in [0.2, 0.25) is 0 Å². The van der Waals surface area contributed by atoms with E-state index in [0.29, 0.717) is 19.8 Å². The van der Waals surface area contributed by atoms with Gasteiger partial charge in [0.2, 0.25) is 0 Å². The number of ether oxygens (including phenoxy) is 1. The van der Waals surface area contributed by atoms with Crippen LogP contribution in [0.15, 0.2) is 29.1 Å². The molecule has 0 aliphatic heterocycles. The van der Waals surface area contributed by atoms with Crippen LogP contribution >= 0.6 is 0 Å². The third kappa shape index (κ3) is 3.74. The summed E-state index contributed by atoms with van der Waals surface area (Å²) in [5.74, 6) is 0. The standard InChI is InChI=1S/C16H25N3O2/c1-3-16(17,4-2)12-21-11-7-10-19-14-9-6-5-8-13(14)18-15(19)20/h5-6,8-9H,3-4,7,10-12,17H2,1-2H3,(H,18,20). The summed E-state index contributed by atoms with van der Waals surface area (Å²) >= 11 is 0. The molecule has 0 bridgehead atoms. The lowest BCUT2D eigenvalue weighted by Gasteiger charge is -2.26. The number of benzene rings is 1. The zero-order chi connectivity index (χ0) is 15.3. The molecule has 0 radical (unpaired) electrons. The van der Waals surface area contributed by atoms with Gasteiger partial charge >= 0.3 is 5.69 Å². The van der Waals surface area contributed by atoms with Gasteiger partial charge in [-0.05, 0) is 31.4 Å². The van der Waals surface area contributed by atoms with Crippen molar-refractivity contribution in [3.8, 4) is 0 Å².